The van der Waals surface area contributed by atoms with Gasteiger partial charge >= 0.3 is 5.97 Å². The van der Waals surface area contributed by atoms with Crippen LogP contribution in [0, 0.1) is 5.92 Å². The van der Waals surface area contributed by atoms with Gasteiger partial charge in [-0.15, -0.1) is 0 Å². The van der Waals surface area contributed by atoms with Gasteiger partial charge in [0.05, 0.1) is 5.92 Å². The third-order valence-electron chi connectivity index (χ3n) is 4.15. The van der Waals surface area contributed by atoms with Crippen LogP contribution in [0.5, 0.6) is 5.75 Å². The number of aliphatic carboxylic acids is 1. The van der Waals surface area contributed by atoms with Crippen LogP contribution < -0.4 is 10.1 Å². The molecule has 0 aromatic heterocycles. The molecule has 25 heavy (non-hydrogen) atoms. The summed E-state index contributed by atoms with van der Waals surface area (Å²) in [7, 11) is 0. The highest BCUT2D eigenvalue weighted by molar-refractivity contribution is 5.89. The van der Waals surface area contributed by atoms with Gasteiger partial charge in [0.2, 0.25) is 11.8 Å². The molecule has 0 saturated carbocycles. The molecule has 0 bridgehead atoms. The van der Waals surface area contributed by atoms with Gasteiger partial charge < -0.3 is 20.1 Å². The number of likely N-dealkylation sites (tertiary alicyclic amines) is 1. The Bertz CT molecular complexity index is 627. The van der Waals surface area contributed by atoms with Crippen LogP contribution in [0.4, 0.5) is 0 Å². The molecule has 1 aliphatic rings. The van der Waals surface area contributed by atoms with E-state index in [1.807, 2.05) is 26.0 Å². The molecule has 0 spiro atoms. The summed E-state index contributed by atoms with van der Waals surface area (Å²) < 4.78 is 5.07. The second-order valence-electron chi connectivity index (χ2n) is 6.41. The zero-order valence-electron chi connectivity index (χ0n) is 14.5. The number of carbonyl (C=O) groups excluding carboxylic acids is 2. The minimum atomic E-state index is -1.02. The van der Waals surface area contributed by atoms with Gasteiger partial charge in [-0.1, -0.05) is 12.1 Å². The minimum Gasteiger partial charge on any atom is -0.482 e. The molecule has 0 aliphatic carbocycles. The fourth-order valence-corrected chi connectivity index (χ4v) is 2.78. The SMILES string of the molecule is CC(C)N1C[C@H](C(=O)NCCc2ccc(OCC(=O)O)cc2)CC1=O. The number of hydrogen-bond acceptors (Lipinski definition) is 4. The number of carboxylic acid groups (broad SMARTS) is 1. The van der Waals surface area contributed by atoms with Crippen LogP contribution in [-0.4, -0.2) is 53.5 Å². The summed E-state index contributed by atoms with van der Waals surface area (Å²) in [6, 6.07) is 7.20. The molecule has 1 fully saturated rings. The van der Waals surface area contributed by atoms with Gasteiger partial charge in [0.15, 0.2) is 6.61 Å². The summed E-state index contributed by atoms with van der Waals surface area (Å²) in [6.07, 6.45) is 0.930. The topological polar surface area (TPSA) is 95.9 Å². The van der Waals surface area contributed by atoms with Gasteiger partial charge in [0, 0.05) is 25.6 Å². The summed E-state index contributed by atoms with van der Waals surface area (Å²) >= 11 is 0. The van der Waals surface area contributed by atoms with E-state index in [4.69, 9.17) is 9.84 Å². The Morgan fingerprint density at radius 2 is 2.00 bits per heavy atom. The Labute approximate surface area is 147 Å². The van der Waals surface area contributed by atoms with Crippen molar-refractivity contribution in [3.05, 3.63) is 29.8 Å². The molecule has 0 radical (unpaired) electrons. The van der Waals surface area contributed by atoms with Crippen molar-refractivity contribution in [2.45, 2.75) is 32.7 Å². The molecule has 1 heterocycles. The monoisotopic (exact) mass is 348 g/mol. The number of carboxylic acids is 1. The van der Waals surface area contributed by atoms with Gasteiger partial charge in [-0.3, -0.25) is 9.59 Å². The molecular weight excluding hydrogens is 324 g/mol. The molecule has 1 atom stereocenters. The molecule has 1 aromatic carbocycles. The van der Waals surface area contributed by atoms with Crippen LogP contribution >= 0.6 is 0 Å². The number of nitrogens with one attached hydrogen (secondary N) is 1. The second-order valence-corrected chi connectivity index (χ2v) is 6.41. The van der Waals surface area contributed by atoms with E-state index in [0.29, 0.717) is 25.3 Å². The molecule has 1 aromatic rings. The minimum absolute atomic E-state index is 0.0344. The van der Waals surface area contributed by atoms with Crippen LogP contribution in [0.2, 0.25) is 0 Å². The van der Waals surface area contributed by atoms with Crippen molar-refractivity contribution in [1.29, 1.82) is 0 Å². The molecule has 1 saturated heterocycles. The van der Waals surface area contributed by atoms with Crippen LogP contribution in [0.25, 0.3) is 0 Å². The first-order valence-corrected chi connectivity index (χ1v) is 8.37. The average Bonchev–Trinajstić information content (AvgIpc) is 2.96. The van der Waals surface area contributed by atoms with E-state index in [1.165, 1.54) is 0 Å². The number of ether oxygens (including phenoxy) is 1. The van der Waals surface area contributed by atoms with Crippen molar-refractivity contribution in [2.75, 3.05) is 19.7 Å². The summed E-state index contributed by atoms with van der Waals surface area (Å²) in [5, 5.41) is 11.4. The molecular formula is C18H24N2O5. The molecule has 1 aliphatic heterocycles. The highest BCUT2D eigenvalue weighted by atomic mass is 16.5. The van der Waals surface area contributed by atoms with Crippen LogP contribution in [0.15, 0.2) is 24.3 Å². The number of carbonyl (C=O) groups is 3. The number of rotatable bonds is 8. The Hall–Kier alpha value is -2.57. The Morgan fingerprint density at radius 3 is 2.56 bits per heavy atom. The molecule has 7 heteroatoms. The van der Waals surface area contributed by atoms with Crippen molar-refractivity contribution in [1.82, 2.24) is 10.2 Å². The first-order chi connectivity index (χ1) is 11.9. The number of nitrogens with zero attached hydrogens (tertiary/aromatic N) is 1. The lowest BCUT2D eigenvalue weighted by Crippen LogP contribution is -2.36. The highest BCUT2D eigenvalue weighted by Gasteiger charge is 2.35. The normalized spacial score (nSPS) is 17.0. The maximum Gasteiger partial charge on any atom is 0.341 e. The van der Waals surface area contributed by atoms with Crippen molar-refractivity contribution >= 4 is 17.8 Å². The van der Waals surface area contributed by atoms with Gasteiger partial charge in [-0.25, -0.2) is 4.79 Å². The summed E-state index contributed by atoms with van der Waals surface area (Å²) in [6.45, 7) is 4.49. The van der Waals surface area contributed by atoms with E-state index in [1.54, 1.807) is 17.0 Å². The van der Waals surface area contributed by atoms with E-state index < -0.39 is 5.97 Å². The number of amides is 2. The largest absolute Gasteiger partial charge is 0.482 e. The van der Waals surface area contributed by atoms with E-state index in [2.05, 4.69) is 5.32 Å². The summed E-state index contributed by atoms with van der Waals surface area (Å²) in [5.41, 5.74) is 1.01. The average molecular weight is 348 g/mol. The predicted molar refractivity (Wildman–Crippen MR) is 91.2 cm³/mol. The predicted octanol–water partition coefficient (Wildman–Crippen LogP) is 1.07. The maximum atomic E-state index is 12.2. The Morgan fingerprint density at radius 1 is 1.32 bits per heavy atom. The zero-order chi connectivity index (χ0) is 18.4. The van der Waals surface area contributed by atoms with E-state index in [-0.39, 0.29) is 36.8 Å². The van der Waals surface area contributed by atoms with Crippen molar-refractivity contribution in [2.24, 2.45) is 5.92 Å². The lowest BCUT2D eigenvalue weighted by Gasteiger charge is -2.20. The standard InChI is InChI=1S/C18H24N2O5/c1-12(2)20-10-14(9-16(20)21)18(24)19-8-7-13-3-5-15(6-4-13)25-11-17(22)23/h3-6,12,14H,7-11H2,1-2H3,(H,19,24)(H,22,23)/t14-/m1/s1. The lowest BCUT2D eigenvalue weighted by atomic mass is 10.1. The summed E-state index contributed by atoms with van der Waals surface area (Å²) in [5.74, 6) is -0.853. The smallest absolute Gasteiger partial charge is 0.341 e. The van der Waals surface area contributed by atoms with Crippen LogP contribution in [-0.2, 0) is 20.8 Å². The molecule has 2 amide bonds. The Kier molecular flexibility index (Phi) is 6.38. The van der Waals surface area contributed by atoms with E-state index in [0.717, 1.165) is 5.56 Å². The van der Waals surface area contributed by atoms with E-state index in [9.17, 15) is 14.4 Å². The zero-order valence-corrected chi connectivity index (χ0v) is 14.5. The molecule has 2 rings (SSSR count). The van der Waals surface area contributed by atoms with Gasteiger partial charge in [0.25, 0.3) is 0 Å². The van der Waals surface area contributed by atoms with Crippen molar-refractivity contribution in [3.63, 3.8) is 0 Å². The molecule has 2 N–H and O–H groups in total. The number of hydrogen-bond donors (Lipinski definition) is 2. The van der Waals surface area contributed by atoms with Crippen molar-refractivity contribution in [3.8, 4) is 5.75 Å². The van der Waals surface area contributed by atoms with Gasteiger partial charge in [-0.2, -0.15) is 0 Å². The van der Waals surface area contributed by atoms with E-state index >= 15 is 0 Å². The van der Waals surface area contributed by atoms with Gasteiger partial charge in [0.1, 0.15) is 5.75 Å². The van der Waals surface area contributed by atoms with Gasteiger partial charge in [-0.05, 0) is 38.0 Å². The third kappa shape index (κ3) is 5.48. The summed E-state index contributed by atoms with van der Waals surface area (Å²) in [4.78, 5) is 36.2. The maximum absolute atomic E-state index is 12.2. The first kappa shape index (κ1) is 18.8. The molecule has 136 valence electrons. The first-order valence-electron chi connectivity index (χ1n) is 8.37. The third-order valence-corrected chi connectivity index (χ3v) is 4.15. The van der Waals surface area contributed by atoms with Crippen LogP contribution in [0.1, 0.15) is 25.8 Å². The molecule has 0 unspecified atom stereocenters. The quantitative estimate of drug-likeness (QED) is 0.732. The Balaban J connectivity index is 1.74. The lowest BCUT2D eigenvalue weighted by molar-refractivity contribution is -0.139. The second kappa shape index (κ2) is 8.50. The fraction of sp³-hybridized carbons (Fsp3) is 0.500. The highest BCUT2D eigenvalue weighted by Crippen LogP contribution is 2.20. The van der Waals surface area contributed by atoms with Crippen molar-refractivity contribution < 1.29 is 24.2 Å². The van der Waals surface area contributed by atoms with Crippen LogP contribution in [0.3, 0.4) is 0 Å². The fourth-order valence-electron chi connectivity index (χ4n) is 2.78. The molecule has 7 nitrogen and oxygen atoms in total. The number of benzene rings is 1.